The van der Waals surface area contributed by atoms with Crippen molar-refractivity contribution in [3.05, 3.63) is 23.8 Å². The summed E-state index contributed by atoms with van der Waals surface area (Å²) in [6.07, 6.45) is 3.29. The molecule has 0 saturated carbocycles. The fourth-order valence-corrected chi connectivity index (χ4v) is 2.62. The van der Waals surface area contributed by atoms with Gasteiger partial charge < -0.3 is 25.3 Å². The molecule has 3 rings (SSSR count). The maximum absolute atomic E-state index is 5.87. The van der Waals surface area contributed by atoms with Gasteiger partial charge in [0.15, 0.2) is 17.5 Å². The average molecular weight is 305 g/mol. The minimum Gasteiger partial charge on any atom is -0.486 e. The lowest BCUT2D eigenvalue weighted by Crippen LogP contribution is -2.34. The van der Waals surface area contributed by atoms with Gasteiger partial charge in [-0.05, 0) is 37.0 Å². The predicted octanol–water partition coefficient (Wildman–Crippen LogP) is 1.08. The van der Waals surface area contributed by atoms with E-state index in [1.165, 1.54) is 5.56 Å². The van der Waals surface area contributed by atoms with Crippen LogP contribution in [0.4, 0.5) is 0 Å². The van der Waals surface area contributed by atoms with Gasteiger partial charge in [0.05, 0.1) is 12.6 Å². The van der Waals surface area contributed by atoms with Crippen LogP contribution in [0.2, 0.25) is 0 Å². The number of guanidine groups is 1. The smallest absolute Gasteiger partial charge is 0.188 e. The van der Waals surface area contributed by atoms with E-state index in [0.29, 0.717) is 25.7 Å². The van der Waals surface area contributed by atoms with Crippen molar-refractivity contribution in [2.45, 2.75) is 25.4 Å². The molecule has 1 saturated heterocycles. The first-order valence-corrected chi connectivity index (χ1v) is 7.85. The monoisotopic (exact) mass is 305 g/mol. The number of nitrogens with zero attached hydrogens (tertiary/aromatic N) is 1. The van der Waals surface area contributed by atoms with Gasteiger partial charge in [-0.2, -0.15) is 0 Å². The van der Waals surface area contributed by atoms with Crippen molar-refractivity contribution in [3.8, 4) is 11.5 Å². The van der Waals surface area contributed by atoms with E-state index in [1.54, 1.807) is 0 Å². The van der Waals surface area contributed by atoms with Gasteiger partial charge in [0, 0.05) is 13.2 Å². The van der Waals surface area contributed by atoms with Crippen molar-refractivity contribution in [2.24, 2.45) is 10.7 Å². The molecule has 0 amide bonds. The highest BCUT2D eigenvalue weighted by Crippen LogP contribution is 2.30. The summed E-state index contributed by atoms with van der Waals surface area (Å²) in [6, 6.07) is 6.03. The highest BCUT2D eigenvalue weighted by atomic mass is 16.6. The largest absolute Gasteiger partial charge is 0.486 e. The number of nitrogens with two attached hydrogens (primary N) is 1. The number of fused-ring (bicyclic) bond motifs is 1. The number of nitrogens with one attached hydrogen (secondary N) is 1. The zero-order valence-electron chi connectivity index (χ0n) is 12.7. The molecule has 0 bridgehead atoms. The van der Waals surface area contributed by atoms with Crippen molar-refractivity contribution in [1.29, 1.82) is 0 Å². The van der Waals surface area contributed by atoms with E-state index < -0.39 is 0 Å². The maximum Gasteiger partial charge on any atom is 0.188 e. The minimum atomic E-state index is 0.234. The van der Waals surface area contributed by atoms with Crippen LogP contribution >= 0.6 is 0 Å². The van der Waals surface area contributed by atoms with Crippen LogP contribution in [0.3, 0.4) is 0 Å². The minimum absolute atomic E-state index is 0.234. The van der Waals surface area contributed by atoms with E-state index in [-0.39, 0.29) is 6.10 Å². The van der Waals surface area contributed by atoms with E-state index >= 15 is 0 Å². The summed E-state index contributed by atoms with van der Waals surface area (Å²) in [4.78, 5) is 4.32. The van der Waals surface area contributed by atoms with E-state index in [2.05, 4.69) is 16.4 Å². The second kappa shape index (κ2) is 7.35. The van der Waals surface area contributed by atoms with E-state index in [0.717, 1.165) is 43.9 Å². The summed E-state index contributed by atoms with van der Waals surface area (Å²) in [5, 5.41) is 3.14. The molecule has 1 unspecified atom stereocenters. The number of aliphatic imine (C=N–C) groups is 1. The van der Waals surface area contributed by atoms with E-state index in [1.807, 2.05) is 12.1 Å². The first kappa shape index (κ1) is 15.0. The molecule has 2 heterocycles. The topological polar surface area (TPSA) is 78.1 Å². The number of ether oxygens (including phenoxy) is 3. The van der Waals surface area contributed by atoms with Crippen LogP contribution in [0.1, 0.15) is 18.4 Å². The van der Waals surface area contributed by atoms with Gasteiger partial charge in [0.25, 0.3) is 0 Å². The van der Waals surface area contributed by atoms with Gasteiger partial charge in [-0.1, -0.05) is 6.07 Å². The average Bonchev–Trinajstić information content (AvgIpc) is 3.06. The molecule has 6 nitrogen and oxygen atoms in total. The lowest BCUT2D eigenvalue weighted by molar-refractivity contribution is 0.118. The van der Waals surface area contributed by atoms with Crippen LogP contribution in [0.15, 0.2) is 23.2 Å². The number of hydrogen-bond donors (Lipinski definition) is 2. The van der Waals surface area contributed by atoms with Crippen molar-refractivity contribution in [1.82, 2.24) is 5.32 Å². The van der Waals surface area contributed by atoms with Crippen molar-refractivity contribution >= 4 is 5.96 Å². The fourth-order valence-electron chi connectivity index (χ4n) is 2.62. The van der Waals surface area contributed by atoms with Crippen molar-refractivity contribution in [2.75, 3.05) is 32.9 Å². The number of hydrogen-bond acceptors (Lipinski definition) is 4. The normalized spacial score (nSPS) is 20.9. The van der Waals surface area contributed by atoms with Gasteiger partial charge in [0.2, 0.25) is 0 Å². The van der Waals surface area contributed by atoms with Gasteiger partial charge in [-0.15, -0.1) is 0 Å². The summed E-state index contributed by atoms with van der Waals surface area (Å²) in [5.41, 5.74) is 7.05. The third-order valence-corrected chi connectivity index (χ3v) is 3.82. The SMILES string of the molecule is NC(=NCC1CCCO1)NCCc1ccc2c(c1)OCCO2. The Labute approximate surface area is 130 Å². The zero-order chi connectivity index (χ0) is 15.2. The second-order valence-electron chi connectivity index (χ2n) is 5.52. The van der Waals surface area contributed by atoms with Gasteiger partial charge in [0.1, 0.15) is 13.2 Å². The molecule has 0 aliphatic carbocycles. The standard InChI is InChI=1S/C16H23N3O3/c17-16(19-11-13-2-1-7-20-13)18-6-5-12-3-4-14-15(10-12)22-9-8-21-14/h3-4,10,13H,1-2,5-9,11H2,(H3,17,18,19). The second-order valence-corrected chi connectivity index (χ2v) is 5.52. The van der Waals surface area contributed by atoms with Crippen LogP contribution in [0.25, 0.3) is 0 Å². The van der Waals surface area contributed by atoms with Crippen molar-refractivity contribution in [3.63, 3.8) is 0 Å². The molecular weight excluding hydrogens is 282 g/mol. The molecular formula is C16H23N3O3. The highest BCUT2D eigenvalue weighted by Gasteiger charge is 2.14. The summed E-state index contributed by atoms with van der Waals surface area (Å²) >= 11 is 0. The zero-order valence-corrected chi connectivity index (χ0v) is 12.7. The Morgan fingerprint density at radius 2 is 2.09 bits per heavy atom. The molecule has 1 atom stereocenters. The Bertz CT molecular complexity index is 527. The first-order valence-electron chi connectivity index (χ1n) is 7.85. The van der Waals surface area contributed by atoms with Crippen LogP contribution in [0.5, 0.6) is 11.5 Å². The molecule has 2 aliphatic heterocycles. The molecule has 0 aromatic heterocycles. The molecule has 1 aromatic carbocycles. The Kier molecular flexibility index (Phi) is 5.00. The van der Waals surface area contributed by atoms with Crippen LogP contribution in [0, 0.1) is 0 Å². The first-order chi connectivity index (χ1) is 10.8. The summed E-state index contributed by atoms with van der Waals surface area (Å²) in [6.45, 7) is 3.45. The van der Waals surface area contributed by atoms with Crippen LogP contribution < -0.4 is 20.5 Å². The number of benzene rings is 1. The Morgan fingerprint density at radius 1 is 1.23 bits per heavy atom. The fraction of sp³-hybridized carbons (Fsp3) is 0.562. The summed E-state index contributed by atoms with van der Waals surface area (Å²) in [5.74, 6) is 2.12. The van der Waals surface area contributed by atoms with Crippen LogP contribution in [-0.2, 0) is 11.2 Å². The molecule has 22 heavy (non-hydrogen) atoms. The summed E-state index contributed by atoms with van der Waals surface area (Å²) < 4.78 is 16.6. The lowest BCUT2D eigenvalue weighted by Gasteiger charge is -2.18. The van der Waals surface area contributed by atoms with E-state index in [4.69, 9.17) is 19.9 Å². The Morgan fingerprint density at radius 3 is 2.91 bits per heavy atom. The molecule has 1 aromatic rings. The number of rotatable bonds is 5. The third kappa shape index (κ3) is 4.04. The predicted molar refractivity (Wildman–Crippen MR) is 84.6 cm³/mol. The maximum atomic E-state index is 5.87. The van der Waals surface area contributed by atoms with Crippen LogP contribution in [-0.4, -0.2) is 45.0 Å². The lowest BCUT2D eigenvalue weighted by atomic mass is 10.1. The molecule has 120 valence electrons. The molecule has 2 aliphatic rings. The third-order valence-electron chi connectivity index (χ3n) is 3.82. The molecule has 0 radical (unpaired) electrons. The summed E-state index contributed by atoms with van der Waals surface area (Å²) in [7, 11) is 0. The van der Waals surface area contributed by atoms with Gasteiger partial charge >= 0.3 is 0 Å². The Balaban J connectivity index is 1.43. The molecule has 3 N–H and O–H groups in total. The molecule has 1 fully saturated rings. The van der Waals surface area contributed by atoms with Gasteiger partial charge in [-0.3, -0.25) is 4.99 Å². The quantitative estimate of drug-likeness (QED) is 0.629. The Hall–Kier alpha value is -1.95. The van der Waals surface area contributed by atoms with E-state index in [9.17, 15) is 0 Å². The van der Waals surface area contributed by atoms with Gasteiger partial charge in [-0.25, -0.2) is 0 Å². The molecule has 0 spiro atoms. The van der Waals surface area contributed by atoms with Crippen molar-refractivity contribution < 1.29 is 14.2 Å². The highest BCUT2D eigenvalue weighted by molar-refractivity contribution is 5.77. The molecule has 6 heteroatoms.